The van der Waals surface area contributed by atoms with Gasteiger partial charge in [0.25, 0.3) is 0 Å². The lowest BCUT2D eigenvalue weighted by molar-refractivity contribution is -0.173. The molecule has 0 N–H and O–H groups in total. The van der Waals surface area contributed by atoms with Crippen molar-refractivity contribution in [3.05, 3.63) is 0 Å². The van der Waals surface area contributed by atoms with Gasteiger partial charge in [-0.15, -0.1) is 0 Å². The van der Waals surface area contributed by atoms with Gasteiger partial charge >= 0.3 is 17.9 Å². The van der Waals surface area contributed by atoms with Crippen LogP contribution in [-0.2, 0) is 28.6 Å². The molecule has 1 saturated heterocycles. The van der Waals surface area contributed by atoms with Gasteiger partial charge in [0.15, 0.2) is 6.61 Å². The first-order valence-electron chi connectivity index (χ1n) is 6.59. The van der Waals surface area contributed by atoms with E-state index in [1.54, 1.807) is 13.8 Å². The normalized spacial score (nSPS) is 19.4. The summed E-state index contributed by atoms with van der Waals surface area (Å²) in [7, 11) is 0. The SMILES string of the molecule is CC(C)(C)C(C)(C)C(=O)OCC(=O)OC1CCOC1=O. The minimum atomic E-state index is -0.878. The standard InChI is InChI=1S/C14H22O6/c1-13(2,3)14(4,5)12(17)19-8-10(15)20-9-6-7-18-11(9)16/h9H,6-8H2,1-5H3. The molecule has 0 bridgehead atoms. The summed E-state index contributed by atoms with van der Waals surface area (Å²) in [4.78, 5) is 34.6. The third kappa shape index (κ3) is 3.71. The van der Waals surface area contributed by atoms with Crippen LogP contribution in [0.5, 0.6) is 0 Å². The molecule has 0 spiro atoms. The van der Waals surface area contributed by atoms with Crippen LogP contribution in [0, 0.1) is 10.8 Å². The smallest absolute Gasteiger partial charge is 0.347 e. The Morgan fingerprint density at radius 2 is 1.85 bits per heavy atom. The van der Waals surface area contributed by atoms with Gasteiger partial charge in [-0.2, -0.15) is 0 Å². The topological polar surface area (TPSA) is 78.9 Å². The van der Waals surface area contributed by atoms with Gasteiger partial charge in [-0.3, -0.25) is 4.79 Å². The molecule has 1 atom stereocenters. The molecule has 0 radical (unpaired) electrons. The maximum Gasteiger partial charge on any atom is 0.347 e. The number of cyclic esters (lactones) is 1. The van der Waals surface area contributed by atoms with Crippen LogP contribution in [0.4, 0.5) is 0 Å². The van der Waals surface area contributed by atoms with E-state index in [0.717, 1.165) is 0 Å². The Balaban J connectivity index is 2.45. The quantitative estimate of drug-likeness (QED) is 0.575. The largest absolute Gasteiger partial charge is 0.463 e. The molecule has 20 heavy (non-hydrogen) atoms. The molecule has 114 valence electrons. The highest BCUT2D eigenvalue weighted by molar-refractivity contribution is 5.83. The van der Waals surface area contributed by atoms with Crippen molar-refractivity contribution in [2.75, 3.05) is 13.2 Å². The summed E-state index contributed by atoms with van der Waals surface area (Å²) in [5, 5.41) is 0. The van der Waals surface area contributed by atoms with Crippen LogP contribution in [0.25, 0.3) is 0 Å². The van der Waals surface area contributed by atoms with Crippen molar-refractivity contribution in [1.82, 2.24) is 0 Å². The number of hydrogen-bond donors (Lipinski definition) is 0. The average molecular weight is 286 g/mol. The van der Waals surface area contributed by atoms with Crippen molar-refractivity contribution in [2.45, 2.75) is 47.1 Å². The van der Waals surface area contributed by atoms with E-state index in [0.29, 0.717) is 6.42 Å². The molecule has 0 aromatic carbocycles. The van der Waals surface area contributed by atoms with Crippen LogP contribution in [0.3, 0.4) is 0 Å². The predicted molar refractivity (Wildman–Crippen MR) is 69.7 cm³/mol. The van der Waals surface area contributed by atoms with Crippen molar-refractivity contribution in [3.63, 3.8) is 0 Å². The van der Waals surface area contributed by atoms with Crippen molar-refractivity contribution < 1.29 is 28.6 Å². The summed E-state index contributed by atoms with van der Waals surface area (Å²) in [6.45, 7) is 9.02. The molecule has 0 amide bonds. The zero-order valence-electron chi connectivity index (χ0n) is 12.6. The molecule has 1 aliphatic heterocycles. The fourth-order valence-electron chi connectivity index (χ4n) is 1.39. The fraction of sp³-hybridized carbons (Fsp3) is 0.786. The molecular formula is C14H22O6. The van der Waals surface area contributed by atoms with Gasteiger partial charge in [0, 0.05) is 6.42 Å². The lowest BCUT2D eigenvalue weighted by Gasteiger charge is -2.36. The maximum atomic E-state index is 12.0. The Kier molecular flexibility index (Phi) is 4.78. The third-order valence-corrected chi connectivity index (χ3v) is 3.87. The van der Waals surface area contributed by atoms with Crippen molar-refractivity contribution in [1.29, 1.82) is 0 Å². The Morgan fingerprint density at radius 1 is 1.25 bits per heavy atom. The van der Waals surface area contributed by atoms with E-state index in [1.807, 2.05) is 20.8 Å². The lowest BCUT2D eigenvalue weighted by Crippen LogP contribution is -2.40. The number of ether oxygens (including phenoxy) is 3. The van der Waals surface area contributed by atoms with Crippen LogP contribution in [0.15, 0.2) is 0 Å². The highest BCUT2D eigenvalue weighted by atomic mass is 16.6. The van der Waals surface area contributed by atoms with Crippen LogP contribution in [-0.4, -0.2) is 37.2 Å². The molecule has 1 aliphatic rings. The summed E-state index contributed by atoms with van der Waals surface area (Å²) in [5.74, 6) is -1.78. The molecule has 1 heterocycles. The second kappa shape index (κ2) is 5.81. The maximum absolute atomic E-state index is 12.0. The van der Waals surface area contributed by atoms with Crippen LogP contribution in [0.1, 0.15) is 41.0 Å². The molecule has 1 fully saturated rings. The van der Waals surface area contributed by atoms with Crippen LogP contribution in [0.2, 0.25) is 0 Å². The van der Waals surface area contributed by atoms with Crippen molar-refractivity contribution in [3.8, 4) is 0 Å². The molecule has 6 nitrogen and oxygen atoms in total. The summed E-state index contributed by atoms with van der Waals surface area (Å²) in [6, 6.07) is 0. The summed E-state index contributed by atoms with van der Waals surface area (Å²) < 4.78 is 14.5. The van der Waals surface area contributed by atoms with Gasteiger partial charge in [-0.25, -0.2) is 9.59 Å². The number of rotatable bonds is 4. The van der Waals surface area contributed by atoms with E-state index in [9.17, 15) is 14.4 Å². The fourth-order valence-corrected chi connectivity index (χ4v) is 1.39. The van der Waals surface area contributed by atoms with E-state index < -0.39 is 36.0 Å². The highest BCUT2D eigenvalue weighted by Crippen LogP contribution is 2.38. The molecule has 0 aliphatic carbocycles. The van der Waals surface area contributed by atoms with E-state index in [2.05, 4.69) is 4.74 Å². The third-order valence-electron chi connectivity index (χ3n) is 3.87. The molecule has 0 aromatic heterocycles. The Morgan fingerprint density at radius 3 is 2.30 bits per heavy atom. The monoisotopic (exact) mass is 286 g/mol. The van der Waals surface area contributed by atoms with Gasteiger partial charge in [-0.05, 0) is 19.3 Å². The van der Waals surface area contributed by atoms with Gasteiger partial charge in [0.2, 0.25) is 6.10 Å². The van der Waals surface area contributed by atoms with Crippen molar-refractivity contribution >= 4 is 17.9 Å². The highest BCUT2D eigenvalue weighted by Gasteiger charge is 2.41. The minimum Gasteiger partial charge on any atom is -0.463 e. The second-order valence-electron chi connectivity index (χ2n) is 6.39. The van der Waals surface area contributed by atoms with Gasteiger partial charge in [-0.1, -0.05) is 20.8 Å². The number of esters is 3. The second-order valence-corrected chi connectivity index (χ2v) is 6.39. The number of carbonyl (C=O) groups excluding carboxylic acids is 3. The summed E-state index contributed by atoms with van der Waals surface area (Å²) in [5.41, 5.74) is -1.04. The van der Waals surface area contributed by atoms with E-state index >= 15 is 0 Å². The van der Waals surface area contributed by atoms with Gasteiger partial charge in [0.05, 0.1) is 12.0 Å². The summed E-state index contributed by atoms with van der Waals surface area (Å²) in [6.07, 6.45) is -0.539. The first kappa shape index (κ1) is 16.5. The van der Waals surface area contributed by atoms with E-state index in [4.69, 9.17) is 9.47 Å². The molecule has 6 heteroatoms. The Hall–Kier alpha value is -1.59. The minimum absolute atomic E-state index is 0.244. The van der Waals surface area contributed by atoms with Crippen LogP contribution < -0.4 is 0 Å². The Bertz CT molecular complexity index is 404. The molecule has 1 unspecified atom stereocenters. The first-order valence-corrected chi connectivity index (χ1v) is 6.59. The van der Waals surface area contributed by atoms with Crippen molar-refractivity contribution in [2.24, 2.45) is 10.8 Å². The molecular weight excluding hydrogens is 264 g/mol. The van der Waals surface area contributed by atoms with Crippen LogP contribution >= 0.6 is 0 Å². The van der Waals surface area contributed by atoms with E-state index in [-0.39, 0.29) is 12.0 Å². The lowest BCUT2D eigenvalue weighted by atomic mass is 9.69. The zero-order valence-corrected chi connectivity index (χ0v) is 12.6. The van der Waals surface area contributed by atoms with Gasteiger partial charge in [0.1, 0.15) is 0 Å². The average Bonchev–Trinajstić information content (AvgIpc) is 2.70. The van der Waals surface area contributed by atoms with Gasteiger partial charge < -0.3 is 14.2 Å². The number of hydrogen-bond acceptors (Lipinski definition) is 6. The number of carbonyl (C=O) groups is 3. The molecule has 0 saturated carbocycles. The molecule has 1 rings (SSSR count). The summed E-state index contributed by atoms with van der Waals surface area (Å²) >= 11 is 0. The van der Waals surface area contributed by atoms with E-state index in [1.165, 1.54) is 0 Å². The first-order chi connectivity index (χ1) is 9.05. The predicted octanol–water partition coefficient (Wildman–Crippen LogP) is 1.46. The Labute approximate surface area is 118 Å². The molecule has 0 aromatic rings. The zero-order chi connectivity index (χ0) is 15.6.